The first-order chi connectivity index (χ1) is 55.2. The zero-order valence-electron chi connectivity index (χ0n) is 65.4. The number of rotatable bonds is 61. The zero-order chi connectivity index (χ0) is 89.6. The second kappa shape index (κ2) is 54.8. The summed E-state index contributed by atoms with van der Waals surface area (Å²) in [6, 6.07) is -21.3. The van der Waals surface area contributed by atoms with Gasteiger partial charge in [0.25, 0.3) is 0 Å². The van der Waals surface area contributed by atoms with E-state index < -0.39 is 351 Å². The molecule has 0 aromatic carbocycles. The van der Waals surface area contributed by atoms with Crippen LogP contribution in [0, 0.1) is 5.92 Å². The van der Waals surface area contributed by atoms with E-state index in [1.807, 2.05) is 0 Å². The van der Waals surface area contributed by atoms with Crippen LogP contribution < -0.4 is 74.9 Å². The number of thioether (sulfide) groups is 1. The lowest BCUT2D eigenvalue weighted by molar-refractivity contribution is -0.142. The van der Waals surface area contributed by atoms with Gasteiger partial charge < -0.3 is 130 Å². The van der Waals surface area contributed by atoms with Gasteiger partial charge in [0.2, 0.25) is 82.7 Å². The fraction of sp³-hybridized carbons (Fsp3) is 0.667. The zero-order valence-corrected chi connectivity index (χ0v) is 66.2. The third-order valence-electron chi connectivity index (χ3n) is 17.1. The maximum Gasteiger partial charge on any atom is 0.303 e. The Kier molecular flexibility index (Phi) is 48.4. The molecule has 0 saturated carbocycles. The van der Waals surface area contributed by atoms with Gasteiger partial charge in [-0.3, -0.25) is 110 Å². The molecule has 24 N–H and O–H groups in total. The van der Waals surface area contributed by atoms with Crippen LogP contribution in [0.4, 0.5) is 0 Å². The number of amides is 14. The molecule has 0 aliphatic carbocycles. The summed E-state index contributed by atoms with van der Waals surface area (Å²) in [7, 11) is 0. The van der Waals surface area contributed by atoms with Crippen molar-refractivity contribution in [3.8, 4) is 0 Å². The van der Waals surface area contributed by atoms with Crippen LogP contribution in [0.25, 0.3) is 0 Å². The van der Waals surface area contributed by atoms with Gasteiger partial charge in [0.15, 0.2) is 0 Å². The van der Waals surface area contributed by atoms with Crippen LogP contribution in [0.1, 0.15) is 163 Å². The highest BCUT2D eigenvalue weighted by Crippen LogP contribution is 2.20. The molecule has 1 saturated heterocycles. The van der Waals surface area contributed by atoms with Gasteiger partial charge in [0.1, 0.15) is 73.1 Å². The van der Waals surface area contributed by atoms with Crippen LogP contribution in [-0.2, 0) is 115 Å². The maximum atomic E-state index is 14.2. The van der Waals surface area contributed by atoms with E-state index in [0.717, 1.165) is 0 Å². The molecule has 1 aliphatic heterocycles. The molecule has 0 aromatic heterocycles. The van der Waals surface area contributed by atoms with Crippen molar-refractivity contribution in [3.05, 3.63) is 0 Å². The Balaban J connectivity index is 3.52. The fourth-order valence-corrected chi connectivity index (χ4v) is 11.6. The first-order valence-corrected chi connectivity index (χ1v) is 38.6. The summed E-state index contributed by atoms with van der Waals surface area (Å²) < 4.78 is 5.48. The molecule has 0 bridgehead atoms. The Morgan fingerprint density at radius 2 is 0.669 bits per heavy atom. The predicted molar refractivity (Wildman–Crippen MR) is 402 cm³/mol. The quantitative estimate of drug-likeness (QED) is 0.0252. The topological polar surface area (TPSA) is 770 Å². The van der Waals surface area contributed by atoms with Crippen molar-refractivity contribution in [2.24, 2.45) is 11.7 Å². The van der Waals surface area contributed by atoms with Gasteiger partial charge in [-0.05, 0) is 103 Å². The third-order valence-corrected chi connectivity index (χ3v) is 17.7. The molecule has 12 atom stereocenters. The minimum absolute atomic E-state index is 0.0856. The number of nitrogens with two attached hydrogens (primary N) is 1. The molecule has 1 rings (SSSR count). The number of aliphatic carboxylic acids is 9. The Labute approximate surface area is 678 Å². The summed E-state index contributed by atoms with van der Waals surface area (Å²) in [6.07, 6.45) is -13.0. The second-order valence-corrected chi connectivity index (χ2v) is 28.6. The Morgan fingerprint density at radius 3 is 0.975 bits per heavy atom. The van der Waals surface area contributed by atoms with Gasteiger partial charge in [0, 0.05) is 82.7 Å². The highest BCUT2D eigenvalue weighted by atomic mass is 32.2. The van der Waals surface area contributed by atoms with Gasteiger partial charge in [-0.25, -0.2) is 0 Å². The van der Waals surface area contributed by atoms with E-state index >= 15 is 0 Å². The van der Waals surface area contributed by atoms with Gasteiger partial charge in [-0.15, -0.1) is 0 Å². The third kappa shape index (κ3) is 43.7. The maximum absolute atomic E-state index is 14.2. The van der Waals surface area contributed by atoms with Crippen LogP contribution in [0.2, 0.25) is 0 Å². The Hall–Kier alpha value is -11.9. The first-order valence-electron chi connectivity index (χ1n) is 37.2. The van der Waals surface area contributed by atoms with E-state index in [2.05, 4.69) is 69.1 Å². The van der Waals surface area contributed by atoms with Crippen molar-refractivity contribution in [2.45, 2.75) is 241 Å². The summed E-state index contributed by atoms with van der Waals surface area (Å²) in [6.45, 7) is 5.05. The van der Waals surface area contributed by atoms with E-state index in [-0.39, 0.29) is 37.1 Å². The Bertz CT molecular complexity index is 3590. The largest absolute Gasteiger partial charge is 0.481 e. The predicted octanol–water partition coefficient (Wildman–Crippen LogP) is -6.88. The van der Waals surface area contributed by atoms with Gasteiger partial charge >= 0.3 is 53.7 Å². The smallest absolute Gasteiger partial charge is 0.303 e. The normalized spacial score (nSPS) is 15.1. The highest BCUT2D eigenvalue weighted by Gasteiger charge is 2.40. The van der Waals surface area contributed by atoms with Crippen molar-refractivity contribution in [2.75, 3.05) is 44.9 Å². The SMILES string of the molecule is CSC[C@H](NC(=O)CNC(=O)[C@H](CC(C)C)NC(=O)C1CCCN1C(=O)COCCNC(=O)[C@@H](CCC(=O)O)NC(=O)[C@@H](CCC(=O)O)NC(=O)[C@@H](CCC(=O)O)NC(=O)[C@@H](CCC(=O)O)NC(=O)[C@@H](CCC(=O)O)NC(=O)[C@@H](CCC(=O)O)NC(=O)[C@@H](CCC(=O)O)NC(=O)[C@@H](CCC(=O)O)NC(=O)[C@H](N)CCC(=O)O)C(=O)NC(C)C. The highest BCUT2D eigenvalue weighted by molar-refractivity contribution is 7.98. The number of hydrogen-bond acceptors (Lipinski definition) is 26. The summed E-state index contributed by atoms with van der Waals surface area (Å²) in [5, 5.41) is 115. The molecule has 1 heterocycles. The van der Waals surface area contributed by atoms with Crippen LogP contribution in [0.3, 0.4) is 0 Å². The molecular weight excluding hydrogens is 1600 g/mol. The molecule has 0 aromatic rings. The lowest BCUT2D eigenvalue weighted by Crippen LogP contribution is -2.60. The molecule has 1 fully saturated rings. The molecular formula is C69H107N15O33S. The number of carboxylic acid groups (broad SMARTS) is 9. The number of nitrogens with one attached hydrogen (secondary N) is 13. The average molecular weight is 1710 g/mol. The average Bonchev–Trinajstić information content (AvgIpc) is 1.68. The second-order valence-electron chi connectivity index (χ2n) is 27.7. The number of likely N-dealkylation sites (tertiary alicyclic amines) is 1. The van der Waals surface area contributed by atoms with Crippen LogP contribution in [-0.4, -0.2) is 311 Å². The molecule has 118 heavy (non-hydrogen) atoms. The number of carbonyl (C=O) groups excluding carboxylic acids is 14. The van der Waals surface area contributed by atoms with Gasteiger partial charge in [-0.1, -0.05) is 13.8 Å². The number of carbonyl (C=O) groups is 23. The molecule has 48 nitrogen and oxygen atoms in total. The van der Waals surface area contributed by atoms with Crippen LogP contribution in [0.15, 0.2) is 0 Å². The number of nitrogens with zero attached hydrogens (tertiary/aromatic N) is 1. The molecule has 662 valence electrons. The molecule has 1 unspecified atom stereocenters. The van der Waals surface area contributed by atoms with Gasteiger partial charge in [0.05, 0.1) is 19.2 Å². The van der Waals surface area contributed by atoms with Crippen LogP contribution in [0.5, 0.6) is 0 Å². The summed E-state index contributed by atoms with van der Waals surface area (Å²) in [4.78, 5) is 298. The molecule has 0 radical (unpaired) electrons. The van der Waals surface area contributed by atoms with Crippen molar-refractivity contribution < 1.29 is 161 Å². The fourth-order valence-electron chi connectivity index (χ4n) is 11.1. The van der Waals surface area contributed by atoms with E-state index in [4.69, 9.17) is 15.6 Å². The van der Waals surface area contributed by atoms with Crippen molar-refractivity contribution in [3.63, 3.8) is 0 Å². The molecule has 49 heteroatoms. The summed E-state index contributed by atoms with van der Waals surface area (Å²) in [5.41, 5.74) is 5.73. The summed E-state index contributed by atoms with van der Waals surface area (Å²) >= 11 is 1.31. The molecule has 0 spiro atoms. The number of carboxylic acids is 9. The number of hydrogen-bond donors (Lipinski definition) is 23. The minimum Gasteiger partial charge on any atom is -0.481 e. The van der Waals surface area contributed by atoms with E-state index in [9.17, 15) is 151 Å². The van der Waals surface area contributed by atoms with Crippen LogP contribution >= 0.6 is 11.8 Å². The molecule has 1 aliphatic rings. The monoisotopic (exact) mass is 1710 g/mol. The van der Waals surface area contributed by atoms with E-state index in [1.165, 1.54) is 16.7 Å². The summed E-state index contributed by atoms with van der Waals surface area (Å²) in [5.74, 6) is -29.8. The number of ether oxygens (including phenoxy) is 1. The van der Waals surface area contributed by atoms with Crippen molar-refractivity contribution >= 4 is 148 Å². The first kappa shape index (κ1) is 104. The Morgan fingerprint density at radius 1 is 0.373 bits per heavy atom. The lowest BCUT2D eigenvalue weighted by Gasteiger charge is -2.28. The minimum atomic E-state index is -2.18. The van der Waals surface area contributed by atoms with E-state index in [0.29, 0.717) is 6.42 Å². The lowest BCUT2D eigenvalue weighted by atomic mass is 10.0. The van der Waals surface area contributed by atoms with E-state index in [1.54, 1.807) is 34.0 Å². The standard InChI is InChI=1S/C69H107N15O33S/c1-33(2)29-44(60(107)72-30-47(85)74-45(32-118-5)68(115)73-34(3)4)83-69(116)46-7-6-27-84(46)48(86)31-117-28-26-71-59(106)36(9-18-50(89)90)76-62(109)38(11-20-52(93)94)78-64(111)40(13-22-54(97)98)80-66(113)42(15-24-56(101)102)82-67(114)43(16-25-57(103)104)81-65(112)41(14-23-55(99)100)79-63(110)39(12-21-53(95)96)77-61(108)37(10-19-51(91)92)75-58(105)35(70)8-17-49(87)88/h33-46H,6-32,70H2,1-5H3,(H,71,106)(H,72,107)(H,73,115)(H,74,85)(H,75,105)(H,76,109)(H,77,108)(H,78,111)(H,79,110)(H,80,113)(H,81,112)(H,82,114)(H,83,116)(H,87,88)(H,89,90)(H,91,92)(H,93,94)(H,95,96)(H,97,98)(H,99,100)(H,101,102)(H,103,104)/t35-,36-,37-,38-,39-,40-,41-,42-,43-,44+,45+,46?/m1/s1. The van der Waals surface area contributed by atoms with Crippen molar-refractivity contribution in [1.82, 2.24) is 74.0 Å². The van der Waals surface area contributed by atoms with Crippen molar-refractivity contribution in [1.29, 1.82) is 0 Å². The molecule has 14 amide bonds. The van der Waals surface area contributed by atoms with Gasteiger partial charge in [-0.2, -0.15) is 11.8 Å².